The molecule has 0 amide bonds. The summed E-state index contributed by atoms with van der Waals surface area (Å²) in [7, 11) is 2.32. The third-order valence-electron chi connectivity index (χ3n) is 15.4. The van der Waals surface area contributed by atoms with Crippen LogP contribution in [-0.2, 0) is 13.6 Å². The lowest BCUT2D eigenvalue weighted by Gasteiger charge is -2.18. The van der Waals surface area contributed by atoms with Crippen LogP contribution in [0.2, 0.25) is 0 Å². The van der Waals surface area contributed by atoms with Crippen molar-refractivity contribution in [1.29, 1.82) is 0 Å². The molecule has 0 atom stereocenters. The summed E-state index contributed by atoms with van der Waals surface area (Å²) in [6.45, 7) is 5.72. The van der Waals surface area contributed by atoms with E-state index >= 15 is 0 Å². The molecule has 11 heterocycles. The quantitative estimate of drug-likeness (QED) is 0.0714. The van der Waals surface area contributed by atoms with Crippen molar-refractivity contribution < 1.29 is 0 Å². The number of benzene rings is 2. The molecule has 11 aromatic heterocycles. The summed E-state index contributed by atoms with van der Waals surface area (Å²) in [5, 5.41) is 6.29. The summed E-state index contributed by atoms with van der Waals surface area (Å²) in [5.41, 5.74) is 8.11. The van der Waals surface area contributed by atoms with E-state index in [9.17, 15) is 0 Å². The molecule has 0 unspecified atom stereocenters. The van der Waals surface area contributed by atoms with Crippen molar-refractivity contribution in [2.45, 2.75) is 84.6 Å². The van der Waals surface area contributed by atoms with Crippen LogP contribution in [0.1, 0.15) is 82.9 Å². The Morgan fingerprint density at radius 2 is 0.947 bits per heavy atom. The van der Waals surface area contributed by atoms with Crippen molar-refractivity contribution in [2.75, 3.05) is 0 Å². The average molecular weight is 1150 g/mol. The van der Waals surface area contributed by atoms with Crippen LogP contribution in [0.5, 0.6) is 0 Å². The molecule has 13 aromatic rings. The summed E-state index contributed by atoms with van der Waals surface area (Å²) in [6.07, 6.45) is 19.6. The number of thiophene rings is 9. The first-order valence-corrected chi connectivity index (χ1v) is 34.3. The second-order valence-corrected chi connectivity index (χ2v) is 30.0. The second-order valence-electron chi connectivity index (χ2n) is 20.4. The zero-order valence-electron chi connectivity index (χ0n) is 42.8. The monoisotopic (exact) mass is 1150 g/mol. The van der Waals surface area contributed by atoms with Crippen molar-refractivity contribution >= 4 is 159 Å². The van der Waals surface area contributed by atoms with E-state index in [2.05, 4.69) is 175 Å². The van der Waals surface area contributed by atoms with Crippen molar-refractivity contribution in [2.24, 2.45) is 13.0 Å². The van der Waals surface area contributed by atoms with Crippen molar-refractivity contribution in [3.05, 3.63) is 150 Å². The maximum Gasteiger partial charge on any atom is 0.122 e. The molecular formula is C65H56N2S9. The van der Waals surface area contributed by atoms with Crippen LogP contribution in [0.3, 0.4) is 0 Å². The van der Waals surface area contributed by atoms with Gasteiger partial charge in [0, 0.05) is 112 Å². The Labute approximate surface area is 480 Å². The van der Waals surface area contributed by atoms with Gasteiger partial charge >= 0.3 is 0 Å². The summed E-state index contributed by atoms with van der Waals surface area (Å²) in [4.78, 5) is 17.7. The first-order chi connectivity index (χ1) is 37.4. The Balaban J connectivity index is 0.772. The van der Waals surface area contributed by atoms with Gasteiger partial charge in [0.2, 0.25) is 0 Å². The molecule has 76 heavy (non-hydrogen) atoms. The van der Waals surface area contributed by atoms with E-state index in [1.807, 2.05) is 102 Å². The second kappa shape index (κ2) is 21.0. The summed E-state index contributed by atoms with van der Waals surface area (Å²) < 4.78 is 10.8. The molecule has 380 valence electrons. The van der Waals surface area contributed by atoms with E-state index < -0.39 is 0 Å². The predicted molar refractivity (Wildman–Crippen MR) is 348 cm³/mol. The fraction of sp³-hybridized carbons (Fsp3) is 0.231. The van der Waals surface area contributed by atoms with Gasteiger partial charge in [-0.25, -0.2) is 0 Å². The molecule has 11 heteroatoms. The molecule has 0 N–H and O–H groups in total. The number of hydrogen-bond donors (Lipinski definition) is 0. The minimum Gasteiger partial charge on any atom is -0.330 e. The zero-order valence-corrected chi connectivity index (χ0v) is 50.1. The molecule has 0 bridgehead atoms. The van der Waals surface area contributed by atoms with Crippen LogP contribution in [0.25, 0.3) is 127 Å². The molecule has 1 aliphatic carbocycles. The molecule has 2 nitrogen and oxygen atoms in total. The van der Waals surface area contributed by atoms with Gasteiger partial charge in [-0.2, -0.15) is 0 Å². The number of aryl methyl sites for hydroxylation is 2. The molecule has 2 aromatic carbocycles. The van der Waals surface area contributed by atoms with Crippen molar-refractivity contribution in [1.82, 2.24) is 9.13 Å². The van der Waals surface area contributed by atoms with Gasteiger partial charge in [0.1, 0.15) is 5.65 Å². The first kappa shape index (κ1) is 49.4. The molecular weight excluding hydrogens is 1100 g/mol. The van der Waals surface area contributed by atoms with Crippen LogP contribution in [-0.4, -0.2) is 9.13 Å². The molecule has 0 saturated carbocycles. The van der Waals surface area contributed by atoms with Gasteiger partial charge in [0.15, 0.2) is 0 Å². The third kappa shape index (κ3) is 9.25. The third-order valence-corrected chi connectivity index (χ3v) is 26.4. The Hall–Kier alpha value is -4.92. The zero-order chi connectivity index (χ0) is 50.9. The number of fused-ring (bicyclic) bond motifs is 7. The lowest BCUT2D eigenvalue weighted by molar-refractivity contribution is 0.369. The molecule has 14 rings (SSSR count). The van der Waals surface area contributed by atoms with Gasteiger partial charge in [-0.15, -0.1) is 102 Å². The van der Waals surface area contributed by atoms with Gasteiger partial charge in [-0.1, -0.05) is 114 Å². The van der Waals surface area contributed by atoms with E-state index in [1.165, 1.54) is 190 Å². The highest BCUT2D eigenvalue weighted by atomic mass is 32.1. The van der Waals surface area contributed by atoms with Gasteiger partial charge in [-0.3, -0.25) is 0 Å². The maximum absolute atomic E-state index is 2.72. The minimum absolute atomic E-state index is 0.753. The van der Waals surface area contributed by atoms with E-state index in [0.717, 1.165) is 18.9 Å². The molecule has 0 fully saturated rings. The lowest BCUT2D eigenvalue weighted by atomic mass is 9.92. The Kier molecular flexibility index (Phi) is 13.7. The van der Waals surface area contributed by atoms with Crippen LogP contribution in [0.4, 0.5) is 0 Å². The van der Waals surface area contributed by atoms with Crippen LogP contribution >= 0.6 is 102 Å². The summed E-state index contributed by atoms with van der Waals surface area (Å²) in [5.74, 6) is 0.753. The van der Waals surface area contributed by atoms with E-state index in [1.54, 1.807) is 0 Å². The maximum atomic E-state index is 2.72. The van der Waals surface area contributed by atoms with Crippen LogP contribution in [0.15, 0.2) is 145 Å². The number of aromatic nitrogens is 2. The Morgan fingerprint density at radius 3 is 1.47 bits per heavy atom. The SMILES string of the molecule is CCCCCC(CCCCC)CCn1c2cc(-c3cc4sc(-c5ccc(-c6ccc(C7=CC=CC7)s6)s5)cc4s3)ccc2c2c3ccc(-c4cc5sc(-c6ccc(-c7ccc(-c8cccs8)s7)s6)cc5s4)cc3n(C)c21. The number of allylic oxidation sites excluding steroid dienone is 4. The van der Waals surface area contributed by atoms with Crippen LogP contribution in [0, 0.1) is 5.92 Å². The highest BCUT2D eigenvalue weighted by molar-refractivity contribution is 7.34. The fourth-order valence-electron chi connectivity index (χ4n) is 11.4. The van der Waals surface area contributed by atoms with Gasteiger partial charge in [0.05, 0.1) is 11.0 Å². The molecule has 0 saturated heterocycles. The van der Waals surface area contributed by atoms with Crippen LogP contribution < -0.4 is 0 Å². The Morgan fingerprint density at radius 1 is 0.461 bits per heavy atom. The highest BCUT2D eigenvalue weighted by Crippen LogP contribution is 2.50. The first-order valence-electron chi connectivity index (χ1n) is 26.9. The predicted octanol–water partition coefficient (Wildman–Crippen LogP) is 24.3. The normalized spacial score (nSPS) is 13.0. The number of hydrogen-bond acceptors (Lipinski definition) is 9. The highest BCUT2D eigenvalue weighted by Gasteiger charge is 2.23. The fourth-order valence-corrected chi connectivity index (χ4v) is 21.4. The van der Waals surface area contributed by atoms with Crippen molar-refractivity contribution in [3.8, 4) is 69.7 Å². The summed E-state index contributed by atoms with van der Waals surface area (Å²) >= 11 is 17.2. The van der Waals surface area contributed by atoms with E-state index in [0.29, 0.717) is 0 Å². The number of rotatable bonds is 19. The molecule has 1 aliphatic rings. The van der Waals surface area contributed by atoms with Gasteiger partial charge in [0.25, 0.3) is 0 Å². The van der Waals surface area contributed by atoms with E-state index in [-0.39, 0.29) is 0 Å². The lowest BCUT2D eigenvalue weighted by Crippen LogP contribution is -2.09. The molecule has 0 spiro atoms. The van der Waals surface area contributed by atoms with Crippen molar-refractivity contribution in [3.63, 3.8) is 0 Å². The average Bonchev–Trinajstić information content (AvgIpc) is 4.41. The number of nitrogens with zero attached hydrogens (tertiary/aromatic N) is 2. The largest absolute Gasteiger partial charge is 0.330 e. The smallest absolute Gasteiger partial charge is 0.122 e. The standard InChI is InChI=1S/C65H56N2S9/c1-4-6-8-13-39(14-9-7-5-2)30-31-67-46-34-42(57-36-61-63(74-57)38-58(76-61)54-28-26-51(71-54)50-23-22-47(69-50)40-15-10-11-16-40)19-21-44(46)64-43-20-18-41(33-45(43)66(3)65(64)67)56-35-60-62(73-56)37-59(75-60)55-29-27-53(72-55)52-25-24-49(70-52)48-17-12-32-68-48/h10-12,15,17-29,32-39H,4-9,13-14,16,30-31H2,1-3H3. The van der Waals surface area contributed by atoms with Gasteiger partial charge in [-0.05, 0) is 132 Å². The topological polar surface area (TPSA) is 9.86 Å². The molecule has 0 radical (unpaired) electrons. The van der Waals surface area contributed by atoms with E-state index in [4.69, 9.17) is 0 Å². The minimum atomic E-state index is 0.753. The van der Waals surface area contributed by atoms with Gasteiger partial charge < -0.3 is 9.13 Å². The molecule has 0 aliphatic heterocycles. The number of unbranched alkanes of at least 4 members (excludes halogenated alkanes) is 4. The Bertz CT molecular complexity index is 4200. The summed E-state index contributed by atoms with van der Waals surface area (Å²) in [6, 6.07) is 47.2.